The Hall–Kier alpha value is -0.890. The predicted octanol–water partition coefficient (Wildman–Crippen LogP) is 1.37. The zero-order valence-corrected chi connectivity index (χ0v) is 8.54. The van der Waals surface area contributed by atoms with Crippen LogP contribution in [0, 0.1) is 0 Å². The van der Waals surface area contributed by atoms with Gasteiger partial charge in [0, 0.05) is 38.9 Å². The molecule has 2 rings (SSSR count). The highest BCUT2D eigenvalue weighted by atomic mass is 15.1. The third-order valence-corrected chi connectivity index (χ3v) is 2.41. The Kier molecular flexibility index (Phi) is 1.88. The molecule has 2 heteroatoms. The van der Waals surface area contributed by atoms with Crippen molar-refractivity contribution in [1.82, 2.24) is 5.32 Å². The number of pyridine rings is 1. The van der Waals surface area contributed by atoms with Crippen molar-refractivity contribution in [3.8, 4) is 0 Å². The maximum atomic E-state index is 3.32. The normalized spacial score (nSPS) is 21.6. The molecule has 1 unspecified atom stereocenters. The zero-order valence-electron chi connectivity index (χ0n) is 8.54. The van der Waals surface area contributed by atoms with E-state index in [-0.39, 0.29) is 5.54 Å². The number of hydrogen-bond donors (Lipinski definition) is 1. The zero-order chi connectivity index (χ0) is 9.47. The molecule has 1 atom stereocenters. The van der Waals surface area contributed by atoms with Gasteiger partial charge in [-0.1, -0.05) is 0 Å². The lowest BCUT2D eigenvalue weighted by molar-refractivity contribution is -0.754. The standard InChI is InChI=1S/C11H17N2/c1-11(2,3)13-6-4-5-9(8-13)10-7-12-10/h4-6,8,10,12H,7H2,1-3H3/q+1. The van der Waals surface area contributed by atoms with Crippen molar-refractivity contribution in [2.45, 2.75) is 32.4 Å². The first kappa shape index (κ1) is 8.70. The maximum Gasteiger partial charge on any atom is 0.174 e. The Morgan fingerprint density at radius 3 is 2.69 bits per heavy atom. The Bertz CT molecular complexity index is 308. The minimum atomic E-state index is 0.185. The fourth-order valence-corrected chi connectivity index (χ4v) is 1.41. The summed E-state index contributed by atoms with van der Waals surface area (Å²) in [6.45, 7) is 7.79. The van der Waals surface area contributed by atoms with Crippen LogP contribution in [-0.4, -0.2) is 6.54 Å². The first-order valence-corrected chi connectivity index (χ1v) is 4.82. The van der Waals surface area contributed by atoms with Crippen LogP contribution in [0.15, 0.2) is 24.5 Å². The van der Waals surface area contributed by atoms with Crippen molar-refractivity contribution in [2.75, 3.05) is 6.54 Å². The summed E-state index contributed by atoms with van der Waals surface area (Å²) in [4.78, 5) is 0. The van der Waals surface area contributed by atoms with Crippen LogP contribution in [0.25, 0.3) is 0 Å². The van der Waals surface area contributed by atoms with Gasteiger partial charge in [-0.3, -0.25) is 0 Å². The molecule has 1 aromatic heterocycles. The van der Waals surface area contributed by atoms with E-state index < -0.39 is 0 Å². The van der Waals surface area contributed by atoms with E-state index in [1.165, 1.54) is 5.56 Å². The van der Waals surface area contributed by atoms with Crippen LogP contribution in [0.1, 0.15) is 32.4 Å². The Morgan fingerprint density at radius 2 is 2.15 bits per heavy atom. The average molecular weight is 177 g/mol. The first-order chi connectivity index (χ1) is 6.07. The molecule has 1 saturated heterocycles. The van der Waals surface area contributed by atoms with E-state index in [1.807, 2.05) is 0 Å². The summed E-state index contributed by atoms with van der Waals surface area (Å²) in [5, 5.41) is 3.32. The van der Waals surface area contributed by atoms with Gasteiger partial charge in [0.25, 0.3) is 0 Å². The molecule has 0 aliphatic carbocycles. The van der Waals surface area contributed by atoms with Crippen molar-refractivity contribution in [3.05, 3.63) is 30.1 Å². The van der Waals surface area contributed by atoms with Gasteiger partial charge >= 0.3 is 0 Å². The summed E-state index contributed by atoms with van der Waals surface area (Å²) in [7, 11) is 0. The molecule has 2 heterocycles. The fraction of sp³-hybridized carbons (Fsp3) is 0.545. The molecule has 0 spiro atoms. The number of nitrogens with one attached hydrogen (secondary N) is 1. The summed E-state index contributed by atoms with van der Waals surface area (Å²) in [6.07, 6.45) is 4.37. The van der Waals surface area contributed by atoms with E-state index in [0.717, 1.165) is 6.54 Å². The summed E-state index contributed by atoms with van der Waals surface area (Å²) in [5.74, 6) is 0. The molecule has 13 heavy (non-hydrogen) atoms. The van der Waals surface area contributed by atoms with Gasteiger partial charge in [0.15, 0.2) is 17.9 Å². The summed E-state index contributed by atoms with van der Waals surface area (Å²) < 4.78 is 2.27. The van der Waals surface area contributed by atoms with Crippen LogP contribution in [0.2, 0.25) is 0 Å². The van der Waals surface area contributed by atoms with E-state index in [9.17, 15) is 0 Å². The Morgan fingerprint density at radius 1 is 1.46 bits per heavy atom. The van der Waals surface area contributed by atoms with Crippen molar-refractivity contribution in [1.29, 1.82) is 0 Å². The lowest BCUT2D eigenvalue weighted by Crippen LogP contribution is -2.49. The highest BCUT2D eigenvalue weighted by molar-refractivity contribution is 5.17. The maximum absolute atomic E-state index is 3.32. The largest absolute Gasteiger partial charge is 0.307 e. The van der Waals surface area contributed by atoms with Gasteiger partial charge in [0.05, 0.1) is 6.04 Å². The van der Waals surface area contributed by atoms with Gasteiger partial charge in [0.1, 0.15) is 0 Å². The number of aromatic nitrogens is 1. The lowest BCUT2D eigenvalue weighted by atomic mass is 10.1. The van der Waals surface area contributed by atoms with Crippen LogP contribution in [0.4, 0.5) is 0 Å². The van der Waals surface area contributed by atoms with Gasteiger partial charge in [-0.15, -0.1) is 0 Å². The fourth-order valence-electron chi connectivity index (χ4n) is 1.41. The third-order valence-electron chi connectivity index (χ3n) is 2.41. The molecule has 0 bridgehead atoms. The molecule has 1 fully saturated rings. The van der Waals surface area contributed by atoms with E-state index in [0.29, 0.717) is 6.04 Å². The molecular weight excluding hydrogens is 160 g/mol. The van der Waals surface area contributed by atoms with Crippen LogP contribution < -0.4 is 9.88 Å². The van der Waals surface area contributed by atoms with Crippen molar-refractivity contribution < 1.29 is 4.57 Å². The highest BCUT2D eigenvalue weighted by Crippen LogP contribution is 2.19. The van der Waals surface area contributed by atoms with Crippen molar-refractivity contribution in [2.24, 2.45) is 0 Å². The lowest BCUT2D eigenvalue weighted by Gasteiger charge is -2.13. The van der Waals surface area contributed by atoms with Crippen LogP contribution in [0.5, 0.6) is 0 Å². The summed E-state index contributed by atoms with van der Waals surface area (Å²) in [5.41, 5.74) is 1.59. The van der Waals surface area contributed by atoms with Crippen molar-refractivity contribution >= 4 is 0 Å². The molecular formula is C11H17N2+. The smallest absolute Gasteiger partial charge is 0.174 e. The summed E-state index contributed by atoms with van der Waals surface area (Å²) in [6, 6.07) is 4.92. The molecule has 0 amide bonds. The second kappa shape index (κ2) is 2.81. The van der Waals surface area contributed by atoms with Crippen molar-refractivity contribution in [3.63, 3.8) is 0 Å². The quantitative estimate of drug-likeness (QED) is 0.509. The monoisotopic (exact) mass is 177 g/mol. The first-order valence-electron chi connectivity index (χ1n) is 4.82. The Labute approximate surface area is 79.6 Å². The van der Waals surface area contributed by atoms with E-state index >= 15 is 0 Å². The second-order valence-corrected chi connectivity index (χ2v) is 4.68. The number of hydrogen-bond acceptors (Lipinski definition) is 1. The second-order valence-electron chi connectivity index (χ2n) is 4.68. The Balaban J connectivity index is 2.32. The molecule has 0 radical (unpaired) electrons. The molecule has 0 aromatic carbocycles. The van der Waals surface area contributed by atoms with Gasteiger partial charge in [-0.05, 0) is 6.07 Å². The molecule has 1 aromatic rings. The van der Waals surface area contributed by atoms with Gasteiger partial charge in [0.2, 0.25) is 0 Å². The molecule has 1 aliphatic rings. The topological polar surface area (TPSA) is 25.8 Å². The molecule has 2 nitrogen and oxygen atoms in total. The average Bonchev–Trinajstić information content (AvgIpc) is 2.85. The van der Waals surface area contributed by atoms with Crippen LogP contribution in [-0.2, 0) is 5.54 Å². The SMILES string of the molecule is CC(C)(C)[n+]1cccc(C2CN2)c1. The van der Waals surface area contributed by atoms with Crippen LogP contribution in [0.3, 0.4) is 0 Å². The molecule has 1 aliphatic heterocycles. The minimum Gasteiger partial charge on any atom is -0.307 e. The minimum absolute atomic E-state index is 0.185. The predicted molar refractivity (Wildman–Crippen MR) is 52.4 cm³/mol. The van der Waals surface area contributed by atoms with E-state index in [1.54, 1.807) is 0 Å². The van der Waals surface area contributed by atoms with Gasteiger partial charge in [-0.2, -0.15) is 0 Å². The summed E-state index contributed by atoms with van der Waals surface area (Å²) >= 11 is 0. The van der Waals surface area contributed by atoms with E-state index in [4.69, 9.17) is 0 Å². The number of rotatable bonds is 1. The molecule has 0 saturated carbocycles. The van der Waals surface area contributed by atoms with Gasteiger partial charge in [-0.25, -0.2) is 4.57 Å². The highest BCUT2D eigenvalue weighted by Gasteiger charge is 2.27. The molecule has 70 valence electrons. The third kappa shape index (κ3) is 1.89. The number of nitrogens with zero attached hydrogens (tertiary/aromatic N) is 1. The van der Waals surface area contributed by atoms with Gasteiger partial charge < -0.3 is 5.32 Å². The van der Waals surface area contributed by atoms with E-state index in [2.05, 4.69) is 55.2 Å². The van der Waals surface area contributed by atoms with Crippen LogP contribution >= 0.6 is 0 Å². The molecule has 1 N–H and O–H groups in total.